The highest BCUT2D eigenvalue weighted by atomic mass is 127. The van der Waals surface area contributed by atoms with Gasteiger partial charge in [-0.3, -0.25) is 4.79 Å². The van der Waals surface area contributed by atoms with E-state index in [1.807, 2.05) is 0 Å². The Labute approximate surface area is 219 Å². The molecule has 194 valence electrons. The third-order valence-corrected chi connectivity index (χ3v) is 6.34. The van der Waals surface area contributed by atoms with Crippen LogP contribution in [0.1, 0.15) is 142 Å². The minimum absolute atomic E-state index is 0. The lowest BCUT2D eigenvalue weighted by Crippen LogP contribution is -3.00. The minimum Gasteiger partial charge on any atom is -1.00 e. The first-order chi connectivity index (χ1) is 15.0. The van der Waals surface area contributed by atoms with E-state index in [-0.39, 0.29) is 29.9 Å². The second-order valence-electron chi connectivity index (χ2n) is 10.8. The molecule has 1 N–H and O–H groups in total. The maximum Gasteiger partial charge on any atom is 0.219 e. The van der Waals surface area contributed by atoms with Crippen molar-refractivity contribution in [3.05, 3.63) is 0 Å². The van der Waals surface area contributed by atoms with Crippen LogP contribution in [0, 0.1) is 0 Å². The van der Waals surface area contributed by atoms with Gasteiger partial charge in [-0.1, -0.05) is 122 Å². The first-order valence-corrected chi connectivity index (χ1v) is 14.0. The van der Waals surface area contributed by atoms with Crippen molar-refractivity contribution in [2.45, 2.75) is 142 Å². The van der Waals surface area contributed by atoms with Gasteiger partial charge in [-0.25, -0.2) is 0 Å². The summed E-state index contributed by atoms with van der Waals surface area (Å²) in [5.74, 6) is 0.244. The van der Waals surface area contributed by atoms with Gasteiger partial charge in [0.05, 0.1) is 27.7 Å². The van der Waals surface area contributed by atoms with Gasteiger partial charge < -0.3 is 33.8 Å². The van der Waals surface area contributed by atoms with Crippen molar-refractivity contribution in [2.75, 3.05) is 34.2 Å². The zero-order chi connectivity index (χ0) is 23.0. The van der Waals surface area contributed by atoms with Crippen LogP contribution in [0.25, 0.3) is 0 Å². The summed E-state index contributed by atoms with van der Waals surface area (Å²) in [4.78, 5) is 11.8. The molecule has 0 aromatic carbocycles. The number of halogens is 1. The van der Waals surface area contributed by atoms with Crippen molar-refractivity contribution in [1.29, 1.82) is 0 Å². The molecule has 0 heterocycles. The third-order valence-electron chi connectivity index (χ3n) is 6.34. The van der Waals surface area contributed by atoms with Crippen molar-refractivity contribution < 1.29 is 33.3 Å². The number of nitrogens with zero attached hydrogens (tertiary/aromatic N) is 1. The predicted molar refractivity (Wildman–Crippen MR) is 139 cm³/mol. The number of hydrogen-bond acceptors (Lipinski definition) is 1. The van der Waals surface area contributed by atoms with Gasteiger partial charge in [0.15, 0.2) is 0 Å². The molecule has 0 radical (unpaired) electrons. The number of unbranched alkanes of at least 4 members (excludes halogenated alkanes) is 18. The lowest BCUT2D eigenvalue weighted by Gasteiger charge is -2.23. The molecule has 1 amide bonds. The fraction of sp³-hybridized carbons (Fsp3) is 0.964. The molecule has 0 aromatic heterocycles. The molecule has 0 fully saturated rings. The minimum atomic E-state index is 0. The normalized spacial score (nSPS) is 11.4. The lowest BCUT2D eigenvalue weighted by molar-refractivity contribution is -0.870. The zero-order valence-corrected chi connectivity index (χ0v) is 24.7. The number of quaternary nitrogens is 1. The van der Waals surface area contributed by atoms with Gasteiger partial charge in [-0.05, 0) is 6.42 Å². The molecular formula is C28H59IN2O. The molecule has 0 saturated carbocycles. The Bertz CT molecular complexity index is 382. The van der Waals surface area contributed by atoms with Crippen LogP contribution in [-0.2, 0) is 4.79 Å². The van der Waals surface area contributed by atoms with Crippen molar-refractivity contribution in [1.82, 2.24) is 5.32 Å². The van der Waals surface area contributed by atoms with Crippen LogP contribution in [0.15, 0.2) is 0 Å². The van der Waals surface area contributed by atoms with E-state index >= 15 is 0 Å². The molecule has 3 nitrogen and oxygen atoms in total. The molecule has 0 aliphatic rings. The van der Waals surface area contributed by atoms with E-state index in [4.69, 9.17) is 0 Å². The number of amides is 1. The summed E-state index contributed by atoms with van der Waals surface area (Å²) in [5, 5.41) is 3.07. The van der Waals surface area contributed by atoms with E-state index in [1.54, 1.807) is 0 Å². The number of hydrogen-bond donors (Lipinski definition) is 1. The molecule has 4 heteroatoms. The van der Waals surface area contributed by atoms with E-state index in [0.717, 1.165) is 30.4 Å². The first-order valence-electron chi connectivity index (χ1n) is 14.0. The Morgan fingerprint density at radius 2 is 0.906 bits per heavy atom. The van der Waals surface area contributed by atoms with Crippen LogP contribution in [-0.4, -0.2) is 44.6 Å². The Morgan fingerprint density at radius 1 is 0.562 bits per heavy atom. The van der Waals surface area contributed by atoms with Crippen molar-refractivity contribution in [3.8, 4) is 0 Å². The van der Waals surface area contributed by atoms with Crippen LogP contribution in [0.3, 0.4) is 0 Å². The van der Waals surface area contributed by atoms with E-state index in [2.05, 4.69) is 33.4 Å². The summed E-state index contributed by atoms with van der Waals surface area (Å²) >= 11 is 0. The summed E-state index contributed by atoms with van der Waals surface area (Å²) in [6, 6.07) is 0. The molecular weight excluding hydrogens is 507 g/mol. The average Bonchev–Trinajstić information content (AvgIpc) is 2.72. The smallest absolute Gasteiger partial charge is 0.219 e. The van der Waals surface area contributed by atoms with Crippen LogP contribution in [0.4, 0.5) is 0 Å². The largest absolute Gasteiger partial charge is 1.00 e. The van der Waals surface area contributed by atoms with Gasteiger partial charge in [-0.2, -0.15) is 0 Å². The monoisotopic (exact) mass is 566 g/mol. The highest BCUT2D eigenvalue weighted by Gasteiger charge is 2.06. The van der Waals surface area contributed by atoms with Gasteiger partial charge in [-0.15, -0.1) is 0 Å². The fourth-order valence-electron chi connectivity index (χ4n) is 4.23. The average molecular weight is 567 g/mol. The molecule has 0 aromatic rings. The number of nitrogens with one attached hydrogen (secondary N) is 1. The quantitative estimate of drug-likeness (QED) is 0.0992. The summed E-state index contributed by atoms with van der Waals surface area (Å²) in [6.45, 7) is 4.23. The lowest BCUT2D eigenvalue weighted by atomic mass is 10.0. The topological polar surface area (TPSA) is 29.1 Å². The second-order valence-corrected chi connectivity index (χ2v) is 10.8. The Kier molecular flexibility index (Phi) is 27.7. The molecule has 0 unspecified atom stereocenters. The van der Waals surface area contributed by atoms with Crippen LogP contribution in [0.2, 0.25) is 0 Å². The molecule has 0 atom stereocenters. The van der Waals surface area contributed by atoms with Crippen LogP contribution >= 0.6 is 0 Å². The summed E-state index contributed by atoms with van der Waals surface area (Å²) in [6.07, 6.45) is 28.2. The standard InChI is InChI=1S/C28H58N2O.HI/c1-5-6-7-8-9-10-11-12-13-14-15-16-17-18-19-20-21-22-23-25-28(31)29-26-24-27-30(2,3)4;/h5-27H2,1-4H3;1H. The van der Waals surface area contributed by atoms with Crippen molar-refractivity contribution >= 4 is 5.91 Å². The Hall–Kier alpha value is 0.160. The molecule has 0 bridgehead atoms. The number of carbonyl (C=O) groups excluding carboxylic acids is 1. The first kappa shape index (κ1) is 34.3. The maximum atomic E-state index is 11.8. The van der Waals surface area contributed by atoms with Crippen LogP contribution in [0.5, 0.6) is 0 Å². The zero-order valence-electron chi connectivity index (χ0n) is 22.5. The van der Waals surface area contributed by atoms with Crippen molar-refractivity contribution in [2.24, 2.45) is 0 Å². The highest BCUT2D eigenvalue weighted by Crippen LogP contribution is 2.14. The van der Waals surface area contributed by atoms with Crippen LogP contribution < -0.4 is 29.3 Å². The van der Waals surface area contributed by atoms with Crippen molar-refractivity contribution in [3.63, 3.8) is 0 Å². The molecule has 32 heavy (non-hydrogen) atoms. The second kappa shape index (κ2) is 25.8. The molecule has 0 aliphatic carbocycles. The van der Waals surface area contributed by atoms with E-state index in [1.165, 1.54) is 116 Å². The predicted octanol–water partition coefficient (Wildman–Crippen LogP) is 5.02. The molecule has 0 rings (SSSR count). The van der Waals surface area contributed by atoms with E-state index in [9.17, 15) is 4.79 Å². The summed E-state index contributed by atoms with van der Waals surface area (Å²) < 4.78 is 0.967. The molecule has 0 saturated heterocycles. The molecule has 0 spiro atoms. The number of carbonyl (C=O) groups is 1. The van der Waals surface area contributed by atoms with Gasteiger partial charge in [0.25, 0.3) is 0 Å². The molecule has 0 aliphatic heterocycles. The van der Waals surface area contributed by atoms with E-state index < -0.39 is 0 Å². The fourth-order valence-corrected chi connectivity index (χ4v) is 4.23. The SMILES string of the molecule is CCCCCCCCCCCCCCCCCCCCCC(=O)NCCC[N+](C)(C)C.[I-]. The highest BCUT2D eigenvalue weighted by molar-refractivity contribution is 5.75. The maximum absolute atomic E-state index is 11.8. The Morgan fingerprint density at radius 3 is 1.25 bits per heavy atom. The third kappa shape index (κ3) is 30.2. The van der Waals surface area contributed by atoms with E-state index in [0.29, 0.717) is 6.42 Å². The number of rotatable bonds is 24. The summed E-state index contributed by atoms with van der Waals surface area (Å²) in [5.41, 5.74) is 0. The van der Waals surface area contributed by atoms with Gasteiger partial charge in [0, 0.05) is 19.4 Å². The van der Waals surface area contributed by atoms with Gasteiger partial charge in [0.1, 0.15) is 0 Å². The van der Waals surface area contributed by atoms with Gasteiger partial charge in [0.2, 0.25) is 5.91 Å². The Balaban J connectivity index is 0. The van der Waals surface area contributed by atoms with Gasteiger partial charge >= 0.3 is 0 Å². The summed E-state index contributed by atoms with van der Waals surface area (Å²) in [7, 11) is 6.58.